The number of carboxylic acid groups (broad SMARTS) is 1. The van der Waals surface area contributed by atoms with E-state index in [2.05, 4.69) is 4.98 Å². The van der Waals surface area contributed by atoms with E-state index in [1.807, 2.05) is 0 Å². The number of benzene rings is 1. The molecule has 18 heavy (non-hydrogen) atoms. The van der Waals surface area contributed by atoms with E-state index in [4.69, 9.17) is 5.11 Å². The van der Waals surface area contributed by atoms with Gasteiger partial charge in [0.1, 0.15) is 0 Å². The maximum atomic E-state index is 11.9. The zero-order valence-corrected chi connectivity index (χ0v) is 10.7. The second-order valence-electron chi connectivity index (χ2n) is 4.00. The van der Waals surface area contributed by atoms with Gasteiger partial charge in [-0.2, -0.15) is 0 Å². The van der Waals surface area contributed by atoms with Gasteiger partial charge < -0.3 is 10.1 Å². The van der Waals surface area contributed by atoms with Crippen LogP contribution in [0.1, 0.15) is 10.4 Å². The molecule has 2 rings (SSSR count). The first-order valence-electron chi connectivity index (χ1n) is 5.11. The van der Waals surface area contributed by atoms with Crippen molar-refractivity contribution in [2.75, 3.05) is 14.1 Å². The number of aromatic nitrogens is 1. The molecule has 0 amide bonds. The van der Waals surface area contributed by atoms with Crippen LogP contribution in [0.5, 0.6) is 0 Å². The first kappa shape index (κ1) is 12.6. The third-order valence-electron chi connectivity index (χ3n) is 2.66. The molecule has 1 aromatic heterocycles. The molecule has 2 N–H and O–H groups in total. The molecule has 0 fully saturated rings. The first-order valence-corrected chi connectivity index (χ1v) is 6.55. The number of carboxylic acids is 1. The summed E-state index contributed by atoms with van der Waals surface area (Å²) in [5.41, 5.74) is 0.644. The summed E-state index contributed by atoms with van der Waals surface area (Å²) in [6, 6.07) is 4.36. The Morgan fingerprint density at radius 1 is 1.33 bits per heavy atom. The van der Waals surface area contributed by atoms with E-state index in [0.717, 1.165) is 4.31 Å². The lowest BCUT2D eigenvalue weighted by atomic mass is 10.2. The molecule has 0 aliphatic rings. The van der Waals surface area contributed by atoms with Crippen LogP contribution >= 0.6 is 0 Å². The van der Waals surface area contributed by atoms with Crippen molar-refractivity contribution < 1.29 is 18.3 Å². The maximum absolute atomic E-state index is 11.9. The van der Waals surface area contributed by atoms with Crippen LogP contribution in [-0.2, 0) is 10.0 Å². The lowest BCUT2D eigenvalue weighted by Crippen LogP contribution is -2.22. The molecule has 96 valence electrons. The van der Waals surface area contributed by atoms with Gasteiger partial charge in [0.15, 0.2) is 0 Å². The largest absolute Gasteiger partial charge is 0.478 e. The number of carbonyl (C=O) groups is 1. The highest BCUT2D eigenvalue weighted by atomic mass is 32.2. The molecule has 0 atom stereocenters. The Kier molecular flexibility index (Phi) is 2.88. The Morgan fingerprint density at radius 3 is 2.56 bits per heavy atom. The normalized spacial score (nSPS) is 12.2. The summed E-state index contributed by atoms with van der Waals surface area (Å²) in [4.78, 5) is 13.9. The van der Waals surface area contributed by atoms with Gasteiger partial charge in [-0.3, -0.25) is 0 Å². The summed E-state index contributed by atoms with van der Waals surface area (Å²) in [5, 5.41) is 9.37. The van der Waals surface area contributed by atoms with E-state index in [1.54, 1.807) is 6.07 Å². The Labute approximate surface area is 104 Å². The number of nitrogens with one attached hydrogen (secondary N) is 1. The number of nitrogens with zero attached hydrogens (tertiary/aromatic N) is 1. The number of H-pyrrole nitrogens is 1. The number of fused-ring (bicyclic) bond motifs is 1. The lowest BCUT2D eigenvalue weighted by molar-refractivity contribution is 0.0699. The number of hydrogen-bond acceptors (Lipinski definition) is 3. The summed E-state index contributed by atoms with van der Waals surface area (Å²) in [5.74, 6) is -1.10. The predicted molar refractivity (Wildman–Crippen MR) is 66.1 cm³/mol. The van der Waals surface area contributed by atoms with E-state index >= 15 is 0 Å². The Hall–Kier alpha value is -1.86. The van der Waals surface area contributed by atoms with Gasteiger partial charge in [0.05, 0.1) is 10.5 Å². The molecule has 7 heteroatoms. The van der Waals surface area contributed by atoms with Crippen molar-refractivity contribution in [3.63, 3.8) is 0 Å². The van der Waals surface area contributed by atoms with E-state index in [-0.39, 0.29) is 10.5 Å². The Morgan fingerprint density at radius 2 is 2.00 bits per heavy atom. The summed E-state index contributed by atoms with van der Waals surface area (Å²) in [6.07, 6.45) is 1.35. The summed E-state index contributed by atoms with van der Waals surface area (Å²) < 4.78 is 25.0. The van der Waals surface area contributed by atoms with Crippen LogP contribution in [0.4, 0.5) is 0 Å². The van der Waals surface area contributed by atoms with Crippen LogP contribution in [0.2, 0.25) is 0 Å². The van der Waals surface area contributed by atoms with Crippen molar-refractivity contribution in [2.45, 2.75) is 4.90 Å². The molecule has 0 aliphatic carbocycles. The molecule has 0 aliphatic heterocycles. The third-order valence-corrected chi connectivity index (χ3v) is 4.47. The molecule has 6 nitrogen and oxygen atoms in total. The Bertz CT molecular complexity index is 716. The van der Waals surface area contributed by atoms with Crippen LogP contribution in [-0.4, -0.2) is 42.9 Å². The second-order valence-corrected chi connectivity index (χ2v) is 6.15. The molecule has 0 unspecified atom stereocenters. The minimum Gasteiger partial charge on any atom is -0.478 e. The van der Waals surface area contributed by atoms with E-state index in [0.29, 0.717) is 10.9 Å². The summed E-state index contributed by atoms with van der Waals surface area (Å²) >= 11 is 0. The van der Waals surface area contributed by atoms with Gasteiger partial charge in [0, 0.05) is 31.2 Å². The molecular weight excluding hydrogens is 256 g/mol. The van der Waals surface area contributed by atoms with Crippen molar-refractivity contribution in [1.82, 2.24) is 9.29 Å². The van der Waals surface area contributed by atoms with Crippen molar-refractivity contribution in [3.05, 3.63) is 30.0 Å². The molecular formula is C11H12N2O4S. The number of hydrogen-bond donors (Lipinski definition) is 2. The molecule has 1 aromatic carbocycles. The highest BCUT2D eigenvalue weighted by molar-refractivity contribution is 7.89. The van der Waals surface area contributed by atoms with E-state index < -0.39 is 16.0 Å². The van der Waals surface area contributed by atoms with Crippen LogP contribution < -0.4 is 0 Å². The van der Waals surface area contributed by atoms with Gasteiger partial charge in [-0.1, -0.05) is 0 Å². The highest BCUT2D eigenvalue weighted by Gasteiger charge is 2.19. The molecule has 0 bridgehead atoms. The van der Waals surface area contributed by atoms with Crippen molar-refractivity contribution in [2.24, 2.45) is 0 Å². The fourth-order valence-electron chi connectivity index (χ4n) is 1.65. The zero-order chi connectivity index (χ0) is 13.5. The zero-order valence-electron chi connectivity index (χ0n) is 9.84. The van der Waals surface area contributed by atoms with Gasteiger partial charge in [-0.25, -0.2) is 17.5 Å². The van der Waals surface area contributed by atoms with Crippen LogP contribution in [0.25, 0.3) is 10.9 Å². The molecule has 0 radical (unpaired) electrons. The number of aromatic amines is 1. The van der Waals surface area contributed by atoms with Crippen molar-refractivity contribution in [3.8, 4) is 0 Å². The molecule has 0 saturated heterocycles. The molecule has 1 heterocycles. The minimum atomic E-state index is -3.56. The van der Waals surface area contributed by atoms with Crippen LogP contribution in [0.3, 0.4) is 0 Å². The van der Waals surface area contributed by atoms with Gasteiger partial charge in [0.2, 0.25) is 10.0 Å². The quantitative estimate of drug-likeness (QED) is 0.872. The second kappa shape index (κ2) is 4.11. The molecule has 2 aromatic rings. The summed E-state index contributed by atoms with van der Waals surface area (Å²) in [7, 11) is -0.711. The number of rotatable bonds is 3. The summed E-state index contributed by atoms with van der Waals surface area (Å²) in [6.45, 7) is 0. The van der Waals surface area contributed by atoms with Gasteiger partial charge in [-0.05, 0) is 18.2 Å². The average Bonchev–Trinajstić information content (AvgIpc) is 2.71. The molecule has 0 saturated carbocycles. The fourth-order valence-corrected chi connectivity index (χ4v) is 2.58. The van der Waals surface area contributed by atoms with Gasteiger partial charge >= 0.3 is 5.97 Å². The predicted octanol–water partition coefficient (Wildman–Crippen LogP) is 1.12. The lowest BCUT2D eigenvalue weighted by Gasteiger charge is -2.11. The van der Waals surface area contributed by atoms with E-state index in [9.17, 15) is 13.2 Å². The van der Waals surface area contributed by atoms with Crippen LogP contribution in [0, 0.1) is 0 Å². The minimum absolute atomic E-state index is 0.0563. The number of aromatic carboxylic acids is 1. The maximum Gasteiger partial charge on any atom is 0.337 e. The van der Waals surface area contributed by atoms with E-state index in [1.165, 1.54) is 32.4 Å². The third kappa shape index (κ3) is 1.87. The van der Waals surface area contributed by atoms with Crippen LogP contribution in [0.15, 0.2) is 29.3 Å². The van der Waals surface area contributed by atoms with Gasteiger partial charge in [-0.15, -0.1) is 0 Å². The number of sulfonamides is 1. The first-order chi connectivity index (χ1) is 8.34. The molecule has 0 spiro atoms. The topological polar surface area (TPSA) is 90.5 Å². The highest BCUT2D eigenvalue weighted by Crippen LogP contribution is 2.23. The van der Waals surface area contributed by atoms with Crippen molar-refractivity contribution >= 4 is 26.9 Å². The Balaban J connectivity index is 2.70. The average molecular weight is 268 g/mol. The standard InChI is InChI=1S/C11H12N2O4S/c1-13(2)18(16,17)7-3-4-10-8(5-7)9(6-12-10)11(14)15/h3-6,12H,1-2H3,(H,14,15). The SMILES string of the molecule is CN(C)S(=O)(=O)c1ccc2[nH]cc(C(=O)O)c2c1. The van der Waals surface area contributed by atoms with Gasteiger partial charge in [0.25, 0.3) is 0 Å². The fraction of sp³-hybridized carbons (Fsp3) is 0.182. The monoisotopic (exact) mass is 268 g/mol. The van der Waals surface area contributed by atoms with Crippen molar-refractivity contribution in [1.29, 1.82) is 0 Å². The smallest absolute Gasteiger partial charge is 0.337 e.